The quantitative estimate of drug-likeness (QED) is 0.404. The Balaban J connectivity index is 0.00000144. The number of fused-ring (bicyclic) bond motifs is 2. The number of H-pyrrole nitrogens is 2. The molecule has 0 aliphatic rings. The van der Waals surface area contributed by atoms with E-state index >= 15 is 0 Å². The lowest BCUT2D eigenvalue weighted by molar-refractivity contribution is 0.587. The largest absolute Gasteiger partial charge is 0.361 e. The first kappa shape index (κ1) is 18.6. The van der Waals surface area contributed by atoms with Crippen LogP contribution in [-0.4, -0.2) is 33.6 Å². The number of aromatic amines is 2. The summed E-state index contributed by atoms with van der Waals surface area (Å²) in [6.07, 6.45) is 5.55. The number of rotatable bonds is 4. The molecule has 0 saturated heterocycles. The molecule has 6 nitrogen and oxygen atoms in total. The summed E-state index contributed by atoms with van der Waals surface area (Å²) in [5.74, 6) is 0. The van der Waals surface area contributed by atoms with Gasteiger partial charge >= 0.3 is 0 Å². The minimum absolute atomic E-state index is 0. The van der Waals surface area contributed by atoms with Crippen LogP contribution in [0, 0.1) is 0 Å². The van der Waals surface area contributed by atoms with Gasteiger partial charge in [-0.3, -0.25) is 0 Å². The van der Waals surface area contributed by atoms with Gasteiger partial charge in [0.05, 0.1) is 22.0 Å². The smallest absolute Gasteiger partial charge is 0.180 e. The van der Waals surface area contributed by atoms with Crippen LogP contribution >= 0.6 is 0 Å². The van der Waals surface area contributed by atoms with Crippen LogP contribution in [0.25, 0.3) is 44.5 Å². The van der Waals surface area contributed by atoms with Crippen molar-refractivity contribution in [2.75, 3.05) is 0 Å². The van der Waals surface area contributed by atoms with Crippen LogP contribution in [0.5, 0.6) is 0 Å². The lowest BCUT2D eigenvalue weighted by Gasteiger charge is -2.08. The Morgan fingerprint density at radius 2 is 1.77 bits per heavy atom. The summed E-state index contributed by atoms with van der Waals surface area (Å²) in [6.45, 7) is 3.36. The van der Waals surface area contributed by atoms with Gasteiger partial charge in [-0.1, -0.05) is 24.3 Å². The van der Waals surface area contributed by atoms with Crippen LogP contribution in [0.2, 0.25) is 0 Å². The van der Waals surface area contributed by atoms with Crippen molar-refractivity contribution in [3.63, 3.8) is 0 Å². The van der Waals surface area contributed by atoms with E-state index < -0.39 is 15.1 Å². The molecular weight excluding hydrogens is 396 g/mol. The van der Waals surface area contributed by atoms with Crippen molar-refractivity contribution >= 4 is 31.9 Å². The molecule has 0 aliphatic heterocycles. The van der Waals surface area contributed by atoms with Crippen molar-refractivity contribution in [2.45, 2.75) is 24.0 Å². The molecule has 30 heavy (non-hydrogen) atoms. The third kappa shape index (κ3) is 2.90. The fourth-order valence-corrected chi connectivity index (χ4v) is 4.70. The highest BCUT2D eigenvalue weighted by atomic mass is 32.2. The van der Waals surface area contributed by atoms with Gasteiger partial charge < -0.3 is 9.97 Å². The van der Waals surface area contributed by atoms with E-state index in [1.807, 2.05) is 24.5 Å². The van der Waals surface area contributed by atoms with Crippen LogP contribution in [-0.2, 0) is 9.84 Å². The Labute approximate surface area is 176 Å². The summed E-state index contributed by atoms with van der Waals surface area (Å²) in [5.41, 5.74) is 6.11. The molecule has 0 radical (unpaired) electrons. The highest BCUT2D eigenvalue weighted by molar-refractivity contribution is 7.92. The fraction of sp³-hybridized carbons (Fsp3) is 0.130. The standard InChI is InChI=1S/C23H20N4O2S.2H2/c1-14(2)30(28,29)16-8-6-15(7-9-16)21-13-26-23-22(27-21)19(12-25-23)17-4-3-5-20-18(17)10-11-24-20;;/h3-14,24H,1-2H3,(H,25,26);2*1H. The van der Waals surface area contributed by atoms with Crippen LogP contribution in [0.4, 0.5) is 0 Å². The van der Waals surface area contributed by atoms with Crippen molar-refractivity contribution in [1.82, 2.24) is 19.9 Å². The first-order valence-electron chi connectivity index (χ1n) is 9.70. The molecule has 0 amide bonds. The van der Waals surface area contributed by atoms with Crippen molar-refractivity contribution in [2.24, 2.45) is 0 Å². The molecule has 5 aromatic rings. The molecule has 5 rings (SSSR count). The molecule has 0 atom stereocenters. The minimum Gasteiger partial charge on any atom is -0.361 e. The second kappa shape index (κ2) is 6.81. The van der Waals surface area contributed by atoms with Crippen molar-refractivity contribution in [1.29, 1.82) is 0 Å². The Bertz CT molecular complexity index is 1490. The molecule has 0 unspecified atom stereocenters. The topological polar surface area (TPSA) is 91.5 Å². The Morgan fingerprint density at radius 3 is 2.53 bits per heavy atom. The van der Waals surface area contributed by atoms with E-state index in [9.17, 15) is 8.42 Å². The average Bonchev–Trinajstić information content (AvgIpc) is 3.40. The SMILES string of the molecule is CC(C)S(=O)(=O)c1ccc(-c2cnc3[nH]cc(-c4cccc5[nH]ccc45)c3n2)cc1.[HH].[HH]. The van der Waals surface area contributed by atoms with Gasteiger partial charge in [0, 0.05) is 37.3 Å². The van der Waals surface area contributed by atoms with Gasteiger partial charge in [-0.2, -0.15) is 0 Å². The predicted octanol–water partition coefficient (Wildman–Crippen LogP) is 5.45. The molecule has 0 spiro atoms. The number of nitrogens with zero attached hydrogens (tertiary/aromatic N) is 2. The lowest BCUT2D eigenvalue weighted by Crippen LogP contribution is -2.13. The molecule has 7 heteroatoms. The van der Waals surface area contributed by atoms with Crippen LogP contribution in [0.15, 0.2) is 72.0 Å². The predicted molar refractivity (Wildman–Crippen MR) is 123 cm³/mol. The Kier molecular flexibility index (Phi) is 4.22. The number of aromatic nitrogens is 4. The van der Waals surface area contributed by atoms with Crippen molar-refractivity contribution < 1.29 is 11.3 Å². The molecule has 0 aliphatic carbocycles. The van der Waals surface area contributed by atoms with Gasteiger partial charge in [0.2, 0.25) is 0 Å². The zero-order valence-corrected chi connectivity index (χ0v) is 17.4. The van der Waals surface area contributed by atoms with E-state index in [0.29, 0.717) is 16.2 Å². The van der Waals surface area contributed by atoms with E-state index in [1.54, 1.807) is 44.3 Å². The van der Waals surface area contributed by atoms with E-state index in [0.717, 1.165) is 33.1 Å². The van der Waals surface area contributed by atoms with E-state index in [4.69, 9.17) is 4.98 Å². The van der Waals surface area contributed by atoms with Gasteiger partial charge in [0.25, 0.3) is 0 Å². The maximum absolute atomic E-state index is 12.4. The average molecular weight is 421 g/mol. The highest BCUT2D eigenvalue weighted by Gasteiger charge is 2.19. The summed E-state index contributed by atoms with van der Waals surface area (Å²) in [5, 5.41) is 0.659. The molecular formula is C23H24N4O2S. The van der Waals surface area contributed by atoms with E-state index in [1.165, 1.54) is 0 Å². The Hall–Kier alpha value is -3.45. The summed E-state index contributed by atoms with van der Waals surface area (Å²) in [4.78, 5) is 16.1. The number of benzene rings is 2. The van der Waals surface area contributed by atoms with Gasteiger partial charge in [-0.05, 0) is 43.7 Å². The van der Waals surface area contributed by atoms with Gasteiger partial charge in [-0.25, -0.2) is 18.4 Å². The van der Waals surface area contributed by atoms with E-state index in [2.05, 4.69) is 27.1 Å². The first-order chi connectivity index (χ1) is 14.4. The molecule has 3 aromatic heterocycles. The van der Waals surface area contributed by atoms with Crippen LogP contribution in [0.1, 0.15) is 16.7 Å². The maximum atomic E-state index is 12.4. The summed E-state index contributed by atoms with van der Waals surface area (Å²) in [7, 11) is -3.30. The third-order valence-electron chi connectivity index (χ3n) is 5.37. The van der Waals surface area contributed by atoms with Crippen molar-refractivity contribution in [3.8, 4) is 22.4 Å². The maximum Gasteiger partial charge on any atom is 0.180 e. The normalized spacial score (nSPS) is 12.2. The van der Waals surface area contributed by atoms with Gasteiger partial charge in [0.1, 0.15) is 5.52 Å². The minimum atomic E-state index is -3.30. The number of hydrogen-bond acceptors (Lipinski definition) is 4. The van der Waals surface area contributed by atoms with Gasteiger partial charge in [0.15, 0.2) is 15.5 Å². The van der Waals surface area contributed by atoms with Crippen molar-refractivity contribution in [3.05, 3.63) is 67.1 Å². The third-order valence-corrected chi connectivity index (χ3v) is 7.54. The number of sulfone groups is 1. The van der Waals surface area contributed by atoms with E-state index in [-0.39, 0.29) is 2.85 Å². The molecule has 0 fully saturated rings. The second-order valence-electron chi connectivity index (χ2n) is 7.52. The molecule has 3 heterocycles. The summed E-state index contributed by atoms with van der Waals surface area (Å²) < 4.78 is 24.7. The fourth-order valence-electron chi connectivity index (χ4n) is 3.64. The zero-order valence-electron chi connectivity index (χ0n) is 16.5. The van der Waals surface area contributed by atoms with Gasteiger partial charge in [-0.15, -0.1) is 0 Å². The molecule has 2 N–H and O–H groups in total. The molecule has 0 saturated carbocycles. The van der Waals surface area contributed by atoms with Crippen LogP contribution < -0.4 is 0 Å². The molecule has 154 valence electrons. The number of nitrogens with one attached hydrogen (secondary N) is 2. The summed E-state index contributed by atoms with van der Waals surface area (Å²) in [6, 6.07) is 15.0. The highest BCUT2D eigenvalue weighted by Crippen LogP contribution is 2.33. The zero-order chi connectivity index (χ0) is 20.9. The molecule has 0 bridgehead atoms. The second-order valence-corrected chi connectivity index (χ2v) is 10.0. The van der Waals surface area contributed by atoms with Crippen LogP contribution in [0.3, 0.4) is 0 Å². The summed E-state index contributed by atoms with van der Waals surface area (Å²) >= 11 is 0. The lowest BCUT2D eigenvalue weighted by atomic mass is 10.0. The number of hydrogen-bond donors (Lipinski definition) is 2. The monoisotopic (exact) mass is 420 g/mol. The molecule has 2 aromatic carbocycles. The first-order valence-corrected chi connectivity index (χ1v) is 11.2. The Morgan fingerprint density at radius 1 is 0.967 bits per heavy atom.